The van der Waals surface area contributed by atoms with Crippen LogP contribution in [-0.2, 0) is 22.6 Å². The maximum atomic E-state index is 13.1. The molecule has 0 aromatic carbocycles. The van der Waals surface area contributed by atoms with E-state index in [-0.39, 0.29) is 30.2 Å². The first-order chi connectivity index (χ1) is 15.0. The van der Waals surface area contributed by atoms with Crippen LogP contribution in [0.25, 0.3) is 0 Å². The third-order valence-corrected chi connectivity index (χ3v) is 5.99. The zero-order chi connectivity index (χ0) is 22.0. The Labute approximate surface area is 180 Å². The molecule has 1 aliphatic carbocycles. The summed E-state index contributed by atoms with van der Waals surface area (Å²) >= 11 is 0. The molecule has 4 rings (SSSR count). The van der Waals surface area contributed by atoms with Crippen molar-refractivity contribution >= 4 is 11.8 Å². The van der Waals surface area contributed by atoms with Crippen molar-refractivity contribution in [2.45, 2.75) is 64.5 Å². The fourth-order valence-corrected chi connectivity index (χ4v) is 4.10. The second-order valence-corrected chi connectivity index (χ2v) is 8.33. The topological polar surface area (TPSA) is 115 Å². The molecule has 2 aliphatic rings. The standard InChI is InChI=1S/C21H29N5O5/c1-13-17(12-29-3)19(24-30-13)21(28)25-9-4-5-16(11-25)26(14(2)27)10-8-18-22-20(31-23-18)15-6-7-15/h15-16H,4-12H2,1-3H3. The number of carbonyl (C=O) groups excluding carboxylic acids is 2. The molecule has 0 N–H and O–H groups in total. The van der Waals surface area contributed by atoms with E-state index in [4.69, 9.17) is 13.8 Å². The van der Waals surface area contributed by atoms with Gasteiger partial charge in [-0.3, -0.25) is 9.59 Å². The Hall–Kier alpha value is -2.75. The van der Waals surface area contributed by atoms with E-state index in [1.165, 1.54) is 0 Å². The summed E-state index contributed by atoms with van der Waals surface area (Å²) in [7, 11) is 1.57. The van der Waals surface area contributed by atoms with Crippen LogP contribution >= 0.6 is 0 Å². The van der Waals surface area contributed by atoms with Crippen LogP contribution in [-0.4, -0.2) is 69.7 Å². The quantitative estimate of drug-likeness (QED) is 0.624. The number of methoxy groups -OCH3 is 1. The van der Waals surface area contributed by atoms with Crippen LogP contribution in [0.4, 0.5) is 0 Å². The van der Waals surface area contributed by atoms with Gasteiger partial charge in [-0.1, -0.05) is 10.3 Å². The van der Waals surface area contributed by atoms with Gasteiger partial charge in [0, 0.05) is 52.0 Å². The first-order valence-electron chi connectivity index (χ1n) is 10.8. The van der Waals surface area contributed by atoms with Crippen LogP contribution < -0.4 is 0 Å². The molecule has 10 nitrogen and oxygen atoms in total. The largest absolute Gasteiger partial charge is 0.380 e. The molecule has 0 radical (unpaired) electrons. The number of ether oxygens (including phenoxy) is 1. The van der Waals surface area contributed by atoms with Gasteiger partial charge in [0.2, 0.25) is 11.8 Å². The second kappa shape index (κ2) is 9.17. The van der Waals surface area contributed by atoms with Crippen LogP contribution in [0.15, 0.2) is 9.05 Å². The third-order valence-electron chi connectivity index (χ3n) is 5.99. The minimum absolute atomic E-state index is 0.0254. The molecule has 10 heteroatoms. The number of amides is 2. The summed E-state index contributed by atoms with van der Waals surface area (Å²) in [5.41, 5.74) is 0.954. The maximum Gasteiger partial charge on any atom is 0.276 e. The zero-order valence-electron chi connectivity index (χ0n) is 18.3. The Bertz CT molecular complexity index is 934. The van der Waals surface area contributed by atoms with Gasteiger partial charge < -0.3 is 23.6 Å². The van der Waals surface area contributed by atoms with E-state index in [0.29, 0.717) is 55.0 Å². The molecular weight excluding hydrogens is 402 g/mol. The predicted octanol–water partition coefficient (Wildman–Crippen LogP) is 2.09. The highest BCUT2D eigenvalue weighted by atomic mass is 16.5. The smallest absolute Gasteiger partial charge is 0.276 e. The molecule has 3 heterocycles. The molecule has 2 aromatic heterocycles. The number of piperidine rings is 1. The first-order valence-corrected chi connectivity index (χ1v) is 10.8. The highest BCUT2D eigenvalue weighted by molar-refractivity contribution is 5.94. The molecule has 1 atom stereocenters. The zero-order valence-corrected chi connectivity index (χ0v) is 18.3. The molecule has 2 amide bonds. The van der Waals surface area contributed by atoms with Gasteiger partial charge in [-0.2, -0.15) is 4.98 Å². The van der Waals surface area contributed by atoms with E-state index in [0.717, 1.165) is 25.7 Å². The fraction of sp³-hybridized carbons (Fsp3) is 0.667. The first kappa shape index (κ1) is 21.5. The van der Waals surface area contributed by atoms with Crippen molar-refractivity contribution in [1.82, 2.24) is 25.1 Å². The minimum atomic E-state index is -0.190. The Morgan fingerprint density at radius 2 is 2.03 bits per heavy atom. The van der Waals surface area contributed by atoms with Gasteiger partial charge in [0.05, 0.1) is 12.2 Å². The molecule has 2 aromatic rings. The van der Waals surface area contributed by atoms with Gasteiger partial charge in [0.15, 0.2) is 11.5 Å². The average molecular weight is 431 g/mol. The lowest BCUT2D eigenvalue weighted by atomic mass is 10.0. The van der Waals surface area contributed by atoms with Crippen molar-refractivity contribution in [3.05, 3.63) is 28.7 Å². The number of hydrogen-bond acceptors (Lipinski definition) is 8. The molecule has 0 bridgehead atoms. The van der Waals surface area contributed by atoms with Crippen LogP contribution in [0.5, 0.6) is 0 Å². The molecule has 1 saturated heterocycles. The Balaban J connectivity index is 1.41. The summed E-state index contributed by atoms with van der Waals surface area (Å²) in [5, 5.41) is 8.01. The van der Waals surface area contributed by atoms with Crippen molar-refractivity contribution in [3.8, 4) is 0 Å². The monoisotopic (exact) mass is 431 g/mol. The van der Waals surface area contributed by atoms with E-state index in [1.54, 1.807) is 25.9 Å². The van der Waals surface area contributed by atoms with E-state index < -0.39 is 0 Å². The number of carbonyl (C=O) groups is 2. The summed E-state index contributed by atoms with van der Waals surface area (Å²) in [6.07, 6.45) is 4.38. The SMILES string of the molecule is COCc1c(C(=O)N2CCCC(N(CCc3noc(C4CC4)n3)C(C)=O)C2)noc1C. The van der Waals surface area contributed by atoms with Crippen molar-refractivity contribution in [2.24, 2.45) is 0 Å². The van der Waals surface area contributed by atoms with Crippen molar-refractivity contribution in [2.75, 3.05) is 26.7 Å². The number of likely N-dealkylation sites (tertiary alicyclic amines) is 1. The second-order valence-electron chi connectivity index (χ2n) is 8.33. The van der Waals surface area contributed by atoms with Crippen LogP contribution in [0, 0.1) is 6.92 Å². The van der Waals surface area contributed by atoms with Crippen LogP contribution in [0.1, 0.15) is 72.1 Å². The Morgan fingerprint density at radius 3 is 2.74 bits per heavy atom. The lowest BCUT2D eigenvalue weighted by molar-refractivity contribution is -0.132. The normalized spacial score (nSPS) is 18.9. The van der Waals surface area contributed by atoms with Gasteiger partial charge in [-0.25, -0.2) is 0 Å². The predicted molar refractivity (Wildman–Crippen MR) is 108 cm³/mol. The average Bonchev–Trinajstić information content (AvgIpc) is 3.40. The summed E-state index contributed by atoms with van der Waals surface area (Å²) in [5.74, 6) is 2.10. The van der Waals surface area contributed by atoms with Gasteiger partial charge in [-0.05, 0) is 32.6 Å². The van der Waals surface area contributed by atoms with Crippen LogP contribution in [0.2, 0.25) is 0 Å². The number of rotatable bonds is 8. The molecule has 2 fully saturated rings. The number of hydrogen-bond donors (Lipinski definition) is 0. The summed E-state index contributed by atoms with van der Waals surface area (Å²) in [4.78, 5) is 33.5. The van der Waals surface area contributed by atoms with Crippen molar-refractivity contribution in [1.29, 1.82) is 0 Å². The molecule has 0 spiro atoms. The maximum absolute atomic E-state index is 13.1. The molecule has 1 saturated carbocycles. The van der Waals surface area contributed by atoms with E-state index in [9.17, 15) is 9.59 Å². The van der Waals surface area contributed by atoms with E-state index in [1.807, 2.05) is 4.90 Å². The van der Waals surface area contributed by atoms with Gasteiger partial charge >= 0.3 is 0 Å². The molecule has 1 unspecified atom stereocenters. The lowest BCUT2D eigenvalue weighted by Crippen LogP contribution is -2.52. The lowest BCUT2D eigenvalue weighted by Gasteiger charge is -2.38. The van der Waals surface area contributed by atoms with Crippen molar-refractivity contribution < 1.29 is 23.4 Å². The third kappa shape index (κ3) is 4.79. The van der Waals surface area contributed by atoms with Gasteiger partial charge in [0.25, 0.3) is 5.91 Å². The number of nitrogens with zero attached hydrogens (tertiary/aromatic N) is 5. The van der Waals surface area contributed by atoms with Gasteiger partial charge in [-0.15, -0.1) is 0 Å². The fourth-order valence-electron chi connectivity index (χ4n) is 4.10. The van der Waals surface area contributed by atoms with Crippen molar-refractivity contribution in [3.63, 3.8) is 0 Å². The number of aromatic nitrogens is 3. The Kier molecular flexibility index (Phi) is 6.35. The van der Waals surface area contributed by atoms with E-state index in [2.05, 4.69) is 15.3 Å². The molecular formula is C21H29N5O5. The molecule has 168 valence electrons. The number of aryl methyl sites for hydroxylation is 1. The highest BCUT2D eigenvalue weighted by Crippen LogP contribution is 2.38. The van der Waals surface area contributed by atoms with E-state index >= 15 is 0 Å². The Morgan fingerprint density at radius 1 is 1.23 bits per heavy atom. The van der Waals surface area contributed by atoms with Crippen LogP contribution in [0.3, 0.4) is 0 Å². The van der Waals surface area contributed by atoms with Gasteiger partial charge in [0.1, 0.15) is 5.76 Å². The summed E-state index contributed by atoms with van der Waals surface area (Å²) in [6, 6.07) is -0.0659. The molecule has 31 heavy (non-hydrogen) atoms. The molecule has 1 aliphatic heterocycles. The summed E-state index contributed by atoms with van der Waals surface area (Å²) < 4.78 is 15.7. The highest BCUT2D eigenvalue weighted by Gasteiger charge is 2.33. The minimum Gasteiger partial charge on any atom is -0.380 e. The summed E-state index contributed by atoms with van der Waals surface area (Å²) in [6.45, 7) is 5.15.